The van der Waals surface area contributed by atoms with Crippen LogP contribution >= 0.6 is 0 Å². The summed E-state index contributed by atoms with van der Waals surface area (Å²) in [4.78, 5) is 11.8. The first-order chi connectivity index (χ1) is 9.27. The summed E-state index contributed by atoms with van der Waals surface area (Å²) in [6.45, 7) is 3.54. The molecule has 2 unspecified atom stereocenters. The van der Waals surface area contributed by atoms with E-state index in [0.29, 0.717) is 18.3 Å². The summed E-state index contributed by atoms with van der Waals surface area (Å²) in [7, 11) is -3.43. The summed E-state index contributed by atoms with van der Waals surface area (Å²) in [6.07, 6.45) is 3.71. The molecule has 1 aromatic carbocycles. The number of carbonyl (C=O) groups is 1. The molecule has 1 aliphatic rings. The van der Waals surface area contributed by atoms with Gasteiger partial charge >= 0.3 is 0 Å². The van der Waals surface area contributed by atoms with Crippen LogP contribution in [0.2, 0.25) is 0 Å². The Labute approximate surface area is 119 Å². The molecule has 0 amide bonds. The van der Waals surface area contributed by atoms with Gasteiger partial charge < -0.3 is 4.74 Å². The van der Waals surface area contributed by atoms with Crippen LogP contribution in [0, 0.1) is 0 Å². The van der Waals surface area contributed by atoms with E-state index in [9.17, 15) is 13.2 Å². The van der Waals surface area contributed by atoms with Gasteiger partial charge in [0, 0.05) is 6.26 Å². The van der Waals surface area contributed by atoms with Crippen LogP contribution in [0.1, 0.15) is 25.8 Å². The molecule has 0 saturated heterocycles. The minimum atomic E-state index is -3.43. The van der Waals surface area contributed by atoms with Crippen LogP contribution in [0.4, 0.5) is 0 Å². The second-order valence-corrected chi connectivity index (χ2v) is 7.23. The standard InChI is InChI=1S/C15H18O4S/c1-4-14(2)13(20(3,17)18)10-15(11-16,19-14)12-8-6-5-7-9-12/h5-11H,4H2,1-3H3. The number of hydrogen-bond acceptors (Lipinski definition) is 4. The molecule has 4 nitrogen and oxygen atoms in total. The molecule has 0 aromatic heterocycles. The topological polar surface area (TPSA) is 60.4 Å². The summed E-state index contributed by atoms with van der Waals surface area (Å²) in [6, 6.07) is 8.93. The van der Waals surface area contributed by atoms with Gasteiger partial charge in [0.25, 0.3) is 0 Å². The van der Waals surface area contributed by atoms with Crippen LogP contribution in [0.15, 0.2) is 41.3 Å². The van der Waals surface area contributed by atoms with Crippen LogP contribution in [-0.2, 0) is 25.0 Å². The van der Waals surface area contributed by atoms with Crippen LogP contribution < -0.4 is 0 Å². The highest BCUT2D eigenvalue weighted by atomic mass is 32.2. The first-order valence-corrected chi connectivity index (χ1v) is 8.32. The lowest BCUT2D eigenvalue weighted by atomic mass is 9.96. The van der Waals surface area contributed by atoms with E-state index in [4.69, 9.17) is 4.74 Å². The molecule has 0 aliphatic carbocycles. The Hall–Kier alpha value is -1.46. The van der Waals surface area contributed by atoms with Crippen molar-refractivity contribution in [1.82, 2.24) is 0 Å². The van der Waals surface area contributed by atoms with Gasteiger partial charge in [-0.1, -0.05) is 37.3 Å². The number of sulfone groups is 1. The predicted octanol–water partition coefficient (Wildman–Crippen LogP) is 2.21. The second-order valence-electron chi connectivity index (χ2n) is 5.24. The first kappa shape index (κ1) is 14.9. The highest BCUT2D eigenvalue weighted by molar-refractivity contribution is 7.94. The number of aldehydes is 1. The number of rotatable bonds is 4. The van der Waals surface area contributed by atoms with Crippen molar-refractivity contribution in [2.45, 2.75) is 31.5 Å². The molecule has 1 aromatic rings. The lowest BCUT2D eigenvalue weighted by molar-refractivity contribution is -0.136. The largest absolute Gasteiger partial charge is 0.347 e. The number of carbonyl (C=O) groups excluding carboxylic acids is 1. The fraction of sp³-hybridized carbons (Fsp3) is 0.400. The van der Waals surface area contributed by atoms with Gasteiger partial charge in [-0.25, -0.2) is 8.42 Å². The van der Waals surface area contributed by atoms with E-state index >= 15 is 0 Å². The molecule has 0 fully saturated rings. The summed E-state index contributed by atoms with van der Waals surface area (Å²) in [5, 5.41) is 0. The fourth-order valence-electron chi connectivity index (χ4n) is 2.51. The Kier molecular flexibility index (Phi) is 3.60. The third-order valence-electron chi connectivity index (χ3n) is 3.74. The van der Waals surface area contributed by atoms with E-state index < -0.39 is 21.0 Å². The Balaban J connectivity index is 2.65. The molecule has 0 radical (unpaired) electrons. The molecule has 108 valence electrons. The van der Waals surface area contributed by atoms with Crippen molar-refractivity contribution in [3.8, 4) is 0 Å². The molecular formula is C15H18O4S. The van der Waals surface area contributed by atoms with Gasteiger partial charge in [0.2, 0.25) is 0 Å². The first-order valence-electron chi connectivity index (χ1n) is 6.43. The van der Waals surface area contributed by atoms with E-state index in [2.05, 4.69) is 0 Å². The quantitative estimate of drug-likeness (QED) is 0.799. The lowest BCUT2D eigenvalue weighted by Crippen LogP contribution is -2.36. The van der Waals surface area contributed by atoms with Crippen molar-refractivity contribution in [3.05, 3.63) is 46.9 Å². The van der Waals surface area contributed by atoms with Gasteiger partial charge in [0.1, 0.15) is 5.60 Å². The van der Waals surface area contributed by atoms with Crippen LogP contribution in [0.25, 0.3) is 0 Å². The van der Waals surface area contributed by atoms with E-state index in [-0.39, 0.29) is 4.91 Å². The Morgan fingerprint density at radius 1 is 1.25 bits per heavy atom. The fourth-order valence-corrected chi connectivity index (χ4v) is 3.87. The Morgan fingerprint density at radius 2 is 1.85 bits per heavy atom. The zero-order valence-electron chi connectivity index (χ0n) is 11.8. The highest BCUT2D eigenvalue weighted by Gasteiger charge is 2.50. The van der Waals surface area contributed by atoms with Crippen LogP contribution in [0.5, 0.6) is 0 Å². The minimum absolute atomic E-state index is 0.170. The zero-order chi connectivity index (χ0) is 15.0. The minimum Gasteiger partial charge on any atom is -0.347 e. The van der Waals surface area contributed by atoms with Gasteiger partial charge in [0.15, 0.2) is 21.7 Å². The number of benzene rings is 1. The Morgan fingerprint density at radius 3 is 2.25 bits per heavy atom. The maximum Gasteiger partial charge on any atom is 0.174 e. The van der Waals surface area contributed by atoms with E-state index in [1.165, 1.54) is 6.08 Å². The molecule has 1 heterocycles. The average Bonchev–Trinajstić information content (AvgIpc) is 2.75. The van der Waals surface area contributed by atoms with Crippen molar-refractivity contribution in [2.75, 3.05) is 6.26 Å². The van der Waals surface area contributed by atoms with Crippen molar-refractivity contribution in [1.29, 1.82) is 0 Å². The highest BCUT2D eigenvalue weighted by Crippen LogP contribution is 2.45. The molecule has 5 heteroatoms. The summed E-state index contributed by atoms with van der Waals surface area (Å²) < 4.78 is 29.9. The van der Waals surface area contributed by atoms with Crippen molar-refractivity contribution >= 4 is 16.1 Å². The molecule has 0 saturated carbocycles. The molecule has 0 N–H and O–H groups in total. The smallest absolute Gasteiger partial charge is 0.174 e. The SMILES string of the molecule is CCC1(C)OC(C=O)(c2ccccc2)C=C1S(C)(=O)=O. The van der Waals surface area contributed by atoms with Crippen LogP contribution in [-0.4, -0.2) is 26.6 Å². The van der Waals surface area contributed by atoms with Gasteiger partial charge in [-0.15, -0.1) is 0 Å². The Bertz CT molecular complexity index is 648. The van der Waals surface area contributed by atoms with E-state index in [0.717, 1.165) is 6.26 Å². The second kappa shape index (κ2) is 4.82. The van der Waals surface area contributed by atoms with Crippen molar-refractivity contribution in [2.24, 2.45) is 0 Å². The van der Waals surface area contributed by atoms with Gasteiger partial charge in [-0.2, -0.15) is 0 Å². The zero-order valence-corrected chi connectivity index (χ0v) is 12.6. The monoisotopic (exact) mass is 294 g/mol. The van der Waals surface area contributed by atoms with Crippen LogP contribution in [0.3, 0.4) is 0 Å². The molecule has 0 bridgehead atoms. The molecule has 0 spiro atoms. The summed E-state index contributed by atoms with van der Waals surface area (Å²) in [5.74, 6) is 0. The van der Waals surface area contributed by atoms with Gasteiger partial charge in [0.05, 0.1) is 4.91 Å². The normalized spacial score (nSPS) is 30.1. The number of hydrogen-bond donors (Lipinski definition) is 0. The molecule has 20 heavy (non-hydrogen) atoms. The molecule has 2 atom stereocenters. The molecule has 1 aliphatic heterocycles. The molecule has 2 rings (SSSR count). The maximum atomic E-state index is 12.0. The third kappa shape index (κ3) is 2.31. The van der Waals surface area contributed by atoms with E-state index in [1.54, 1.807) is 31.2 Å². The van der Waals surface area contributed by atoms with Gasteiger partial charge in [-0.05, 0) is 25.0 Å². The molecular weight excluding hydrogens is 276 g/mol. The predicted molar refractivity (Wildman–Crippen MR) is 76.9 cm³/mol. The lowest BCUT2D eigenvalue weighted by Gasteiger charge is -2.30. The summed E-state index contributed by atoms with van der Waals surface area (Å²) >= 11 is 0. The van der Waals surface area contributed by atoms with Crippen molar-refractivity contribution < 1.29 is 17.9 Å². The van der Waals surface area contributed by atoms with Crippen molar-refractivity contribution in [3.63, 3.8) is 0 Å². The number of ether oxygens (including phenoxy) is 1. The maximum absolute atomic E-state index is 12.0. The average molecular weight is 294 g/mol. The third-order valence-corrected chi connectivity index (χ3v) is 5.08. The summed E-state index contributed by atoms with van der Waals surface area (Å²) in [5.41, 5.74) is -1.68. The van der Waals surface area contributed by atoms with Gasteiger partial charge in [-0.3, -0.25) is 4.79 Å². The van der Waals surface area contributed by atoms with E-state index in [1.807, 2.05) is 13.0 Å².